The summed E-state index contributed by atoms with van der Waals surface area (Å²) in [5.74, 6) is -1.82. The number of benzene rings is 2. The molecule has 124 valence electrons. The lowest BCUT2D eigenvalue weighted by Gasteiger charge is -2.14. The Balaban J connectivity index is 1.86. The van der Waals surface area contributed by atoms with E-state index in [1.54, 1.807) is 42.5 Å². The van der Waals surface area contributed by atoms with Gasteiger partial charge in [-0.25, -0.2) is 4.79 Å². The van der Waals surface area contributed by atoms with Crippen molar-refractivity contribution >= 4 is 29.4 Å². The van der Waals surface area contributed by atoms with Crippen LogP contribution in [0.15, 0.2) is 54.6 Å². The summed E-state index contributed by atoms with van der Waals surface area (Å²) in [4.78, 5) is 35.6. The highest BCUT2D eigenvalue weighted by molar-refractivity contribution is 6.30. The number of nitrogens with one attached hydrogen (secondary N) is 2. The van der Waals surface area contributed by atoms with E-state index in [2.05, 4.69) is 10.9 Å². The van der Waals surface area contributed by atoms with Crippen molar-refractivity contribution in [3.8, 4) is 0 Å². The number of hydrazine groups is 1. The Kier molecular flexibility index (Phi) is 5.92. The monoisotopic (exact) mass is 346 g/mol. The molecule has 0 aliphatic rings. The van der Waals surface area contributed by atoms with Crippen LogP contribution < -0.4 is 10.9 Å². The first kappa shape index (κ1) is 17.5. The number of rotatable bonds is 4. The second-order valence-corrected chi connectivity index (χ2v) is 5.30. The van der Waals surface area contributed by atoms with Gasteiger partial charge in [-0.15, -0.1) is 0 Å². The fourth-order valence-corrected chi connectivity index (χ4v) is 1.97. The molecule has 0 radical (unpaired) electrons. The summed E-state index contributed by atoms with van der Waals surface area (Å²) in [6.07, 6.45) is -1.09. The molecule has 0 unspecified atom stereocenters. The summed E-state index contributed by atoms with van der Waals surface area (Å²) in [5, 5.41) is 0.386. The lowest BCUT2D eigenvalue weighted by molar-refractivity contribution is -0.129. The molecule has 1 atom stereocenters. The first-order valence-electron chi connectivity index (χ1n) is 7.09. The third-order valence-corrected chi connectivity index (χ3v) is 3.28. The van der Waals surface area contributed by atoms with Gasteiger partial charge in [0.1, 0.15) is 0 Å². The molecule has 2 rings (SSSR count). The van der Waals surface area contributed by atoms with Crippen LogP contribution in [0.5, 0.6) is 0 Å². The minimum absolute atomic E-state index is 0.232. The highest BCUT2D eigenvalue weighted by Crippen LogP contribution is 2.12. The van der Waals surface area contributed by atoms with Crippen molar-refractivity contribution in [3.63, 3.8) is 0 Å². The molecule has 0 aliphatic carbocycles. The normalized spacial score (nSPS) is 11.2. The molecule has 0 heterocycles. The Morgan fingerprint density at radius 1 is 0.958 bits per heavy atom. The first-order chi connectivity index (χ1) is 11.5. The van der Waals surface area contributed by atoms with E-state index >= 15 is 0 Å². The largest absolute Gasteiger partial charge is 0.449 e. The van der Waals surface area contributed by atoms with E-state index in [1.165, 1.54) is 19.1 Å². The number of halogens is 1. The van der Waals surface area contributed by atoms with E-state index < -0.39 is 23.9 Å². The van der Waals surface area contributed by atoms with Gasteiger partial charge in [0, 0.05) is 10.6 Å². The van der Waals surface area contributed by atoms with E-state index in [0.717, 1.165) is 0 Å². The fraction of sp³-hybridized carbons (Fsp3) is 0.118. The molecule has 0 spiro atoms. The highest BCUT2D eigenvalue weighted by Gasteiger charge is 2.19. The lowest BCUT2D eigenvalue weighted by atomic mass is 10.2. The number of ether oxygens (including phenoxy) is 1. The van der Waals surface area contributed by atoms with E-state index in [1.807, 2.05) is 0 Å². The zero-order valence-electron chi connectivity index (χ0n) is 12.8. The van der Waals surface area contributed by atoms with E-state index in [-0.39, 0.29) is 5.56 Å². The summed E-state index contributed by atoms with van der Waals surface area (Å²) < 4.78 is 5.03. The quantitative estimate of drug-likeness (QED) is 0.657. The number of amides is 2. The van der Waals surface area contributed by atoms with Gasteiger partial charge in [-0.3, -0.25) is 20.4 Å². The molecule has 2 aromatic rings. The van der Waals surface area contributed by atoms with E-state index in [9.17, 15) is 14.4 Å². The molecule has 0 fully saturated rings. The zero-order valence-corrected chi connectivity index (χ0v) is 13.5. The molecule has 2 aromatic carbocycles. The summed E-state index contributed by atoms with van der Waals surface area (Å²) in [6, 6.07) is 14.6. The molecule has 0 saturated heterocycles. The van der Waals surface area contributed by atoms with Crippen molar-refractivity contribution in [2.24, 2.45) is 0 Å². The van der Waals surface area contributed by atoms with Crippen molar-refractivity contribution in [3.05, 3.63) is 70.7 Å². The number of esters is 1. The maximum Gasteiger partial charge on any atom is 0.338 e. The Bertz CT molecular complexity index is 749. The molecule has 0 saturated carbocycles. The molecular formula is C17H15ClN2O4. The Morgan fingerprint density at radius 3 is 2.29 bits per heavy atom. The number of hydrogen-bond donors (Lipinski definition) is 2. The molecule has 6 nitrogen and oxygen atoms in total. The van der Waals surface area contributed by atoms with Crippen LogP contribution in [0.2, 0.25) is 5.02 Å². The van der Waals surface area contributed by atoms with Gasteiger partial charge in [-0.1, -0.05) is 35.9 Å². The summed E-state index contributed by atoms with van der Waals surface area (Å²) in [5.41, 5.74) is 5.08. The predicted molar refractivity (Wildman–Crippen MR) is 88.4 cm³/mol. The van der Waals surface area contributed by atoms with Crippen molar-refractivity contribution in [1.29, 1.82) is 0 Å². The molecule has 0 aliphatic heterocycles. The van der Waals surface area contributed by atoms with Crippen LogP contribution in [0.3, 0.4) is 0 Å². The molecule has 2 N–H and O–H groups in total. The summed E-state index contributed by atoms with van der Waals surface area (Å²) in [7, 11) is 0. The van der Waals surface area contributed by atoms with Gasteiger partial charge >= 0.3 is 5.97 Å². The van der Waals surface area contributed by atoms with Crippen molar-refractivity contribution in [2.75, 3.05) is 0 Å². The smallest absolute Gasteiger partial charge is 0.338 e. The van der Waals surface area contributed by atoms with Gasteiger partial charge in [0.25, 0.3) is 11.8 Å². The maximum absolute atomic E-state index is 11.9. The topological polar surface area (TPSA) is 84.5 Å². The lowest BCUT2D eigenvalue weighted by Crippen LogP contribution is -2.46. The van der Waals surface area contributed by atoms with Crippen LogP contribution >= 0.6 is 11.6 Å². The predicted octanol–water partition coefficient (Wildman–Crippen LogP) is 2.35. The van der Waals surface area contributed by atoms with Crippen molar-refractivity contribution < 1.29 is 19.1 Å². The van der Waals surface area contributed by atoms with Crippen LogP contribution in [0, 0.1) is 0 Å². The number of carbonyl (C=O) groups is 3. The van der Waals surface area contributed by atoms with Gasteiger partial charge in [-0.05, 0) is 37.3 Å². The molecular weight excluding hydrogens is 332 g/mol. The van der Waals surface area contributed by atoms with Crippen LogP contribution in [0.25, 0.3) is 0 Å². The van der Waals surface area contributed by atoms with Gasteiger partial charge in [0.2, 0.25) is 0 Å². The van der Waals surface area contributed by atoms with Crippen LogP contribution in [-0.4, -0.2) is 23.9 Å². The highest BCUT2D eigenvalue weighted by atomic mass is 35.5. The van der Waals surface area contributed by atoms with E-state index in [4.69, 9.17) is 16.3 Å². The summed E-state index contributed by atoms with van der Waals surface area (Å²) >= 11 is 5.80. The number of carbonyl (C=O) groups excluding carboxylic acids is 3. The van der Waals surface area contributed by atoms with Gasteiger partial charge in [0.05, 0.1) is 5.56 Å². The molecule has 7 heteroatoms. The summed E-state index contributed by atoms with van der Waals surface area (Å²) in [6.45, 7) is 1.40. The SMILES string of the molecule is C[C@H](OC(=O)c1cccc(Cl)c1)C(=O)NNC(=O)c1ccccc1. The third kappa shape index (κ3) is 4.82. The molecule has 0 aromatic heterocycles. The second-order valence-electron chi connectivity index (χ2n) is 4.87. The third-order valence-electron chi connectivity index (χ3n) is 3.05. The zero-order chi connectivity index (χ0) is 17.5. The minimum Gasteiger partial charge on any atom is -0.449 e. The average molecular weight is 347 g/mol. The van der Waals surface area contributed by atoms with Crippen LogP contribution in [0.1, 0.15) is 27.6 Å². The Morgan fingerprint density at radius 2 is 1.62 bits per heavy atom. The molecule has 24 heavy (non-hydrogen) atoms. The standard InChI is InChI=1S/C17H15ClN2O4/c1-11(24-17(23)13-8-5-9-14(18)10-13)15(21)19-20-16(22)12-6-3-2-4-7-12/h2-11H,1H3,(H,19,21)(H,20,22)/t11-/m0/s1. The fourth-order valence-electron chi connectivity index (χ4n) is 1.78. The van der Waals surface area contributed by atoms with Crippen molar-refractivity contribution in [2.45, 2.75) is 13.0 Å². The van der Waals surface area contributed by atoms with Crippen molar-refractivity contribution in [1.82, 2.24) is 10.9 Å². The Labute approximate surface area is 143 Å². The molecule has 2 amide bonds. The van der Waals surface area contributed by atoms with Gasteiger partial charge < -0.3 is 4.74 Å². The van der Waals surface area contributed by atoms with Crippen LogP contribution in [0.4, 0.5) is 0 Å². The maximum atomic E-state index is 11.9. The van der Waals surface area contributed by atoms with Gasteiger partial charge in [-0.2, -0.15) is 0 Å². The van der Waals surface area contributed by atoms with Crippen LogP contribution in [-0.2, 0) is 9.53 Å². The van der Waals surface area contributed by atoms with Gasteiger partial charge in [0.15, 0.2) is 6.10 Å². The Hall–Kier alpha value is -2.86. The average Bonchev–Trinajstić information content (AvgIpc) is 2.60. The minimum atomic E-state index is -1.09. The number of hydrogen-bond acceptors (Lipinski definition) is 4. The van der Waals surface area contributed by atoms with E-state index in [0.29, 0.717) is 10.6 Å². The second kappa shape index (κ2) is 8.12. The first-order valence-corrected chi connectivity index (χ1v) is 7.47. The molecule has 0 bridgehead atoms.